The number of rotatable bonds is 6. The van der Waals surface area contributed by atoms with Gasteiger partial charge in [0.05, 0.1) is 18.5 Å². The van der Waals surface area contributed by atoms with Gasteiger partial charge in [0.25, 0.3) is 0 Å². The highest BCUT2D eigenvalue weighted by Gasteiger charge is 2.38. The Labute approximate surface area is 178 Å². The Morgan fingerprint density at radius 3 is 2.34 bits per heavy atom. The van der Waals surface area contributed by atoms with Gasteiger partial charge < -0.3 is 15.4 Å². The van der Waals surface area contributed by atoms with Gasteiger partial charge in [-0.1, -0.05) is 67.9 Å². The van der Waals surface area contributed by atoms with Crippen LogP contribution in [0.15, 0.2) is 66.7 Å². The van der Waals surface area contributed by atoms with Crippen LogP contribution in [0.2, 0.25) is 5.02 Å². The number of anilines is 2. The molecule has 3 aromatic rings. The van der Waals surface area contributed by atoms with Crippen LogP contribution in [-0.4, -0.2) is 7.11 Å². The fourth-order valence-electron chi connectivity index (χ4n) is 4.01. The highest BCUT2D eigenvalue weighted by molar-refractivity contribution is 6.31. The Morgan fingerprint density at radius 2 is 1.66 bits per heavy atom. The van der Waals surface area contributed by atoms with E-state index in [0.29, 0.717) is 12.3 Å². The number of ether oxygens (including phenoxy) is 1. The second kappa shape index (κ2) is 8.00. The zero-order valence-corrected chi connectivity index (χ0v) is 17.9. The van der Waals surface area contributed by atoms with Crippen molar-refractivity contribution in [2.45, 2.75) is 32.4 Å². The normalized spacial score (nSPS) is 17.6. The van der Waals surface area contributed by atoms with Crippen LogP contribution < -0.4 is 15.4 Å². The molecule has 0 amide bonds. The summed E-state index contributed by atoms with van der Waals surface area (Å²) in [6.45, 7) is 4.49. The lowest BCUT2D eigenvalue weighted by atomic mass is 9.90. The molecular formula is C25H27ClN2O. The number of halogens is 1. The average molecular weight is 407 g/mol. The monoisotopic (exact) mass is 406 g/mol. The first kappa shape index (κ1) is 19.7. The zero-order chi connectivity index (χ0) is 20.4. The van der Waals surface area contributed by atoms with Gasteiger partial charge in [0, 0.05) is 17.5 Å². The largest absolute Gasteiger partial charge is 0.497 e. The molecule has 1 unspecified atom stereocenters. The maximum atomic E-state index is 6.52. The van der Waals surface area contributed by atoms with Crippen LogP contribution in [0.1, 0.15) is 30.5 Å². The molecule has 0 saturated carbocycles. The molecule has 1 atom stereocenters. The van der Waals surface area contributed by atoms with Crippen LogP contribution in [0.5, 0.6) is 5.75 Å². The molecule has 1 heterocycles. The third kappa shape index (κ3) is 4.06. The summed E-state index contributed by atoms with van der Waals surface area (Å²) >= 11 is 6.52. The summed E-state index contributed by atoms with van der Waals surface area (Å²) in [5.74, 6) is 1.47. The summed E-state index contributed by atoms with van der Waals surface area (Å²) in [5.41, 5.74) is 5.25. The van der Waals surface area contributed by atoms with Crippen molar-refractivity contribution in [1.29, 1.82) is 0 Å². The molecule has 0 fully saturated rings. The third-order valence-electron chi connectivity index (χ3n) is 5.43. The van der Waals surface area contributed by atoms with E-state index in [9.17, 15) is 0 Å². The number of hydrogen-bond donors (Lipinski definition) is 2. The number of benzene rings is 3. The second-order valence-corrected chi connectivity index (χ2v) is 8.54. The van der Waals surface area contributed by atoms with E-state index in [2.05, 4.69) is 60.9 Å². The van der Waals surface area contributed by atoms with Gasteiger partial charge in [-0.25, -0.2) is 0 Å². The zero-order valence-electron chi connectivity index (χ0n) is 17.1. The summed E-state index contributed by atoms with van der Waals surface area (Å²) in [4.78, 5) is 0. The van der Waals surface area contributed by atoms with E-state index < -0.39 is 5.66 Å². The molecule has 29 heavy (non-hydrogen) atoms. The van der Waals surface area contributed by atoms with Crippen molar-refractivity contribution in [3.63, 3.8) is 0 Å². The Hall–Kier alpha value is -2.65. The van der Waals surface area contributed by atoms with E-state index in [4.69, 9.17) is 16.3 Å². The van der Waals surface area contributed by atoms with Gasteiger partial charge in [0.1, 0.15) is 11.4 Å². The molecule has 2 N–H and O–H groups in total. The highest BCUT2D eigenvalue weighted by Crippen LogP contribution is 2.43. The second-order valence-electron chi connectivity index (χ2n) is 8.13. The summed E-state index contributed by atoms with van der Waals surface area (Å²) < 4.78 is 5.41. The molecule has 150 valence electrons. The third-order valence-corrected chi connectivity index (χ3v) is 5.80. The van der Waals surface area contributed by atoms with Gasteiger partial charge in [-0.3, -0.25) is 0 Å². The minimum absolute atomic E-state index is 0.476. The van der Waals surface area contributed by atoms with E-state index in [1.807, 2.05) is 30.3 Å². The molecule has 0 aliphatic carbocycles. The van der Waals surface area contributed by atoms with Gasteiger partial charge in [-0.2, -0.15) is 0 Å². The molecule has 0 aromatic heterocycles. The van der Waals surface area contributed by atoms with Crippen LogP contribution in [0.4, 0.5) is 11.4 Å². The van der Waals surface area contributed by atoms with Gasteiger partial charge in [-0.05, 0) is 47.2 Å². The van der Waals surface area contributed by atoms with Gasteiger partial charge in [0.15, 0.2) is 0 Å². The Balaban J connectivity index is 1.73. The fraction of sp³-hybridized carbons (Fsp3) is 0.280. The van der Waals surface area contributed by atoms with E-state index in [1.54, 1.807) is 7.11 Å². The predicted molar refractivity (Wildman–Crippen MR) is 122 cm³/mol. The number of fused-ring (bicyclic) bond motifs is 1. The maximum Gasteiger partial charge on any atom is 0.139 e. The van der Waals surface area contributed by atoms with Crippen molar-refractivity contribution < 1.29 is 4.74 Å². The van der Waals surface area contributed by atoms with Crippen molar-refractivity contribution in [3.05, 3.63) is 88.4 Å². The van der Waals surface area contributed by atoms with E-state index in [-0.39, 0.29) is 0 Å². The van der Waals surface area contributed by atoms with Crippen molar-refractivity contribution >= 4 is 23.0 Å². The molecule has 4 heteroatoms. The summed E-state index contributed by atoms with van der Waals surface area (Å²) in [5, 5.41) is 8.23. The lowest BCUT2D eigenvalue weighted by Crippen LogP contribution is -2.41. The minimum atomic E-state index is -0.476. The molecule has 0 saturated heterocycles. The Morgan fingerprint density at radius 1 is 0.931 bits per heavy atom. The summed E-state index contributed by atoms with van der Waals surface area (Å²) in [7, 11) is 1.69. The van der Waals surface area contributed by atoms with E-state index in [0.717, 1.165) is 34.1 Å². The molecule has 3 nitrogen and oxygen atoms in total. The molecular weight excluding hydrogens is 380 g/mol. The first-order valence-electron chi connectivity index (χ1n) is 10.1. The van der Waals surface area contributed by atoms with Gasteiger partial charge >= 0.3 is 0 Å². The van der Waals surface area contributed by atoms with Crippen molar-refractivity contribution in [2.75, 3.05) is 17.7 Å². The number of methoxy groups -OCH3 is 1. The molecule has 0 spiro atoms. The van der Waals surface area contributed by atoms with Gasteiger partial charge in [-0.15, -0.1) is 0 Å². The lowest BCUT2D eigenvalue weighted by molar-refractivity contribution is 0.415. The first-order chi connectivity index (χ1) is 14.0. The van der Waals surface area contributed by atoms with Crippen LogP contribution in [-0.2, 0) is 18.5 Å². The van der Waals surface area contributed by atoms with Crippen molar-refractivity contribution in [2.24, 2.45) is 5.92 Å². The maximum absolute atomic E-state index is 6.52. The molecule has 0 radical (unpaired) electrons. The van der Waals surface area contributed by atoms with Crippen molar-refractivity contribution in [3.8, 4) is 5.75 Å². The van der Waals surface area contributed by atoms with E-state index in [1.165, 1.54) is 11.1 Å². The van der Waals surface area contributed by atoms with Crippen molar-refractivity contribution in [1.82, 2.24) is 0 Å². The topological polar surface area (TPSA) is 33.3 Å². The Bertz CT molecular complexity index is 1000. The number of hydrogen-bond acceptors (Lipinski definition) is 3. The average Bonchev–Trinajstić information content (AvgIpc) is 3.08. The lowest BCUT2D eigenvalue weighted by Gasteiger charge is -2.32. The molecule has 1 aliphatic heterocycles. The van der Waals surface area contributed by atoms with E-state index >= 15 is 0 Å². The molecule has 1 aliphatic rings. The van der Waals surface area contributed by atoms with Crippen LogP contribution >= 0.6 is 11.6 Å². The predicted octanol–water partition coefficient (Wildman–Crippen LogP) is 6.48. The van der Waals surface area contributed by atoms with Gasteiger partial charge in [0.2, 0.25) is 0 Å². The molecule has 4 rings (SSSR count). The first-order valence-corrected chi connectivity index (χ1v) is 10.4. The summed E-state index contributed by atoms with van der Waals surface area (Å²) in [6.07, 6.45) is 1.79. The fourth-order valence-corrected chi connectivity index (χ4v) is 4.22. The Kier molecular flexibility index (Phi) is 5.42. The summed E-state index contributed by atoms with van der Waals surface area (Å²) in [6, 6.07) is 23.0. The minimum Gasteiger partial charge on any atom is -0.497 e. The quantitative estimate of drug-likeness (QED) is 0.491. The number of nitrogens with one attached hydrogen (secondary N) is 2. The van der Waals surface area contributed by atoms with Crippen LogP contribution in [0.3, 0.4) is 0 Å². The highest BCUT2D eigenvalue weighted by atomic mass is 35.5. The van der Waals surface area contributed by atoms with Crippen LogP contribution in [0, 0.1) is 5.92 Å². The molecule has 0 bridgehead atoms. The molecule has 3 aromatic carbocycles. The smallest absolute Gasteiger partial charge is 0.139 e. The SMILES string of the molecule is COc1ccc2c(c1)NC(Cc1ccccc1Cl)(c1ccc(CC(C)C)cc1)N2. The standard InChI is InChI=1S/C25H27ClN2O/c1-17(2)14-18-8-10-20(11-9-18)25(16-19-6-4-5-7-22(19)26)27-23-13-12-21(29-3)15-24(23)28-25/h4-13,15,17,27-28H,14,16H2,1-3H3. The van der Waals surface area contributed by atoms with Crippen LogP contribution in [0.25, 0.3) is 0 Å².